The zero-order chi connectivity index (χ0) is 18.1. The summed E-state index contributed by atoms with van der Waals surface area (Å²) in [5.41, 5.74) is 14.2. The minimum atomic E-state index is -1.09. The molecule has 0 fully saturated rings. The molecule has 0 amide bonds. The molecule has 6 nitrogen and oxygen atoms in total. The van der Waals surface area contributed by atoms with E-state index in [0.717, 1.165) is 0 Å². The molecule has 0 atom stereocenters. The van der Waals surface area contributed by atoms with Gasteiger partial charge in [-0.2, -0.15) is 0 Å². The number of carbonyl (C=O) groups is 1. The molecule has 0 radical (unpaired) electrons. The van der Waals surface area contributed by atoms with Gasteiger partial charge in [0, 0.05) is 5.56 Å². The highest BCUT2D eigenvalue weighted by molar-refractivity contribution is 6.02. The van der Waals surface area contributed by atoms with Gasteiger partial charge in [0.2, 0.25) is 0 Å². The minimum absolute atomic E-state index is 0.0476. The molecular formula is C19H16N2O4. The number of hydrogen-bond acceptors (Lipinski definition) is 5. The van der Waals surface area contributed by atoms with Crippen LogP contribution in [0.5, 0.6) is 11.5 Å². The van der Waals surface area contributed by atoms with Crippen LogP contribution < -0.4 is 11.5 Å². The van der Waals surface area contributed by atoms with E-state index in [0.29, 0.717) is 22.3 Å². The molecule has 0 aromatic heterocycles. The predicted octanol–water partition coefficient (Wildman–Crippen LogP) is 3.29. The predicted molar refractivity (Wildman–Crippen MR) is 96.4 cm³/mol. The highest BCUT2D eigenvalue weighted by Gasteiger charge is 2.18. The smallest absolute Gasteiger partial charge is 0.336 e. The van der Waals surface area contributed by atoms with E-state index in [2.05, 4.69) is 0 Å². The Bertz CT molecular complexity index is 983. The third kappa shape index (κ3) is 2.92. The summed E-state index contributed by atoms with van der Waals surface area (Å²) in [6.45, 7) is 0. The van der Waals surface area contributed by atoms with Crippen molar-refractivity contribution in [3.63, 3.8) is 0 Å². The van der Waals surface area contributed by atoms with Gasteiger partial charge < -0.3 is 26.8 Å². The molecule has 3 aromatic rings. The number of carboxylic acid groups (broad SMARTS) is 1. The van der Waals surface area contributed by atoms with Crippen LogP contribution >= 0.6 is 0 Å². The Morgan fingerprint density at radius 3 is 1.92 bits per heavy atom. The molecule has 0 saturated carbocycles. The first kappa shape index (κ1) is 16.2. The van der Waals surface area contributed by atoms with Crippen molar-refractivity contribution in [1.82, 2.24) is 0 Å². The van der Waals surface area contributed by atoms with Crippen molar-refractivity contribution in [3.8, 4) is 33.8 Å². The van der Waals surface area contributed by atoms with E-state index < -0.39 is 5.97 Å². The second-order valence-corrected chi connectivity index (χ2v) is 5.58. The summed E-state index contributed by atoms with van der Waals surface area (Å²) in [6, 6.07) is 14.1. The Labute approximate surface area is 143 Å². The monoisotopic (exact) mass is 336 g/mol. The van der Waals surface area contributed by atoms with Gasteiger partial charge in [0.15, 0.2) is 0 Å². The van der Waals surface area contributed by atoms with Crippen LogP contribution in [0.1, 0.15) is 10.4 Å². The van der Waals surface area contributed by atoms with E-state index in [1.807, 2.05) is 0 Å². The second-order valence-electron chi connectivity index (χ2n) is 5.58. The number of anilines is 2. The van der Waals surface area contributed by atoms with Crippen molar-refractivity contribution in [2.45, 2.75) is 0 Å². The van der Waals surface area contributed by atoms with Crippen LogP contribution in [0.2, 0.25) is 0 Å². The fourth-order valence-electron chi connectivity index (χ4n) is 2.71. The van der Waals surface area contributed by atoms with Crippen LogP contribution in [0.3, 0.4) is 0 Å². The number of phenols is 2. The van der Waals surface area contributed by atoms with Crippen molar-refractivity contribution in [2.75, 3.05) is 11.5 Å². The standard InChI is InChI=1S/C19H16N2O4/c20-14-8-10(4-6-16(14)22)12-2-1-3-13(19(24)25)18(12)11-5-7-17(23)15(21)9-11/h1-9,22-23H,20-21H2,(H,24,25). The number of carboxylic acids is 1. The lowest BCUT2D eigenvalue weighted by Gasteiger charge is -2.15. The van der Waals surface area contributed by atoms with Gasteiger partial charge in [-0.1, -0.05) is 24.3 Å². The molecule has 0 bridgehead atoms. The molecule has 0 unspecified atom stereocenters. The van der Waals surface area contributed by atoms with Crippen LogP contribution in [0.4, 0.5) is 11.4 Å². The van der Waals surface area contributed by atoms with E-state index in [1.54, 1.807) is 30.3 Å². The Morgan fingerprint density at radius 2 is 1.36 bits per heavy atom. The van der Waals surface area contributed by atoms with Crippen LogP contribution in [-0.4, -0.2) is 21.3 Å². The van der Waals surface area contributed by atoms with E-state index in [4.69, 9.17) is 11.5 Å². The van der Waals surface area contributed by atoms with Crippen molar-refractivity contribution < 1.29 is 20.1 Å². The van der Waals surface area contributed by atoms with Gasteiger partial charge in [-0.25, -0.2) is 4.79 Å². The Morgan fingerprint density at radius 1 is 0.800 bits per heavy atom. The molecule has 7 N–H and O–H groups in total. The van der Waals surface area contributed by atoms with Crippen molar-refractivity contribution in [2.24, 2.45) is 0 Å². The summed E-state index contributed by atoms with van der Waals surface area (Å²) in [7, 11) is 0. The number of nitrogen functional groups attached to an aromatic ring is 2. The summed E-state index contributed by atoms with van der Waals surface area (Å²) in [5, 5.41) is 28.8. The number of nitrogens with two attached hydrogens (primary N) is 2. The lowest BCUT2D eigenvalue weighted by atomic mass is 9.90. The number of aromatic hydroxyl groups is 2. The van der Waals surface area contributed by atoms with E-state index in [1.165, 1.54) is 24.3 Å². The molecule has 0 aliphatic heterocycles. The quantitative estimate of drug-likeness (QED) is 0.368. The van der Waals surface area contributed by atoms with Crippen LogP contribution in [0.25, 0.3) is 22.3 Å². The zero-order valence-corrected chi connectivity index (χ0v) is 13.1. The normalized spacial score (nSPS) is 10.6. The highest BCUT2D eigenvalue weighted by Crippen LogP contribution is 2.39. The molecule has 0 spiro atoms. The molecule has 3 aromatic carbocycles. The number of hydrogen-bond donors (Lipinski definition) is 5. The van der Waals surface area contributed by atoms with Gasteiger partial charge in [0.05, 0.1) is 16.9 Å². The number of aromatic carboxylic acids is 1. The average Bonchev–Trinajstić information content (AvgIpc) is 2.59. The van der Waals surface area contributed by atoms with Crippen LogP contribution in [0, 0.1) is 0 Å². The number of benzene rings is 3. The maximum Gasteiger partial charge on any atom is 0.336 e. The molecule has 6 heteroatoms. The lowest BCUT2D eigenvalue weighted by molar-refractivity contribution is 0.0697. The van der Waals surface area contributed by atoms with Crippen LogP contribution in [0.15, 0.2) is 54.6 Å². The third-order valence-electron chi connectivity index (χ3n) is 3.95. The van der Waals surface area contributed by atoms with Gasteiger partial charge in [-0.15, -0.1) is 0 Å². The molecule has 126 valence electrons. The first-order chi connectivity index (χ1) is 11.9. The molecule has 0 aliphatic carbocycles. The van der Waals surface area contributed by atoms with Gasteiger partial charge in [0.1, 0.15) is 11.5 Å². The SMILES string of the molecule is Nc1cc(-c2cccc(C(=O)O)c2-c2ccc(O)c(N)c2)ccc1O. The molecule has 25 heavy (non-hydrogen) atoms. The summed E-state index contributed by atoms with van der Waals surface area (Å²) < 4.78 is 0. The van der Waals surface area contributed by atoms with E-state index in [-0.39, 0.29) is 28.4 Å². The van der Waals surface area contributed by atoms with Crippen LogP contribution in [-0.2, 0) is 0 Å². The summed E-state index contributed by atoms with van der Waals surface area (Å²) in [5.74, 6) is -1.21. The van der Waals surface area contributed by atoms with E-state index in [9.17, 15) is 20.1 Å². The summed E-state index contributed by atoms with van der Waals surface area (Å²) in [4.78, 5) is 11.7. The highest BCUT2D eigenvalue weighted by atomic mass is 16.4. The molecule has 3 rings (SSSR count). The molecular weight excluding hydrogens is 320 g/mol. The molecule has 0 saturated heterocycles. The molecule has 0 aliphatic rings. The first-order valence-electron chi connectivity index (χ1n) is 7.42. The summed E-state index contributed by atoms with van der Waals surface area (Å²) >= 11 is 0. The van der Waals surface area contributed by atoms with Crippen molar-refractivity contribution in [1.29, 1.82) is 0 Å². The third-order valence-corrected chi connectivity index (χ3v) is 3.95. The van der Waals surface area contributed by atoms with E-state index >= 15 is 0 Å². The van der Waals surface area contributed by atoms with Crippen molar-refractivity contribution in [3.05, 3.63) is 60.2 Å². The summed E-state index contributed by atoms with van der Waals surface area (Å²) in [6.07, 6.45) is 0. The van der Waals surface area contributed by atoms with Gasteiger partial charge in [0.25, 0.3) is 0 Å². The van der Waals surface area contributed by atoms with Gasteiger partial charge in [-0.05, 0) is 47.0 Å². The fraction of sp³-hybridized carbons (Fsp3) is 0. The second kappa shape index (κ2) is 6.09. The average molecular weight is 336 g/mol. The minimum Gasteiger partial charge on any atom is -0.506 e. The topological polar surface area (TPSA) is 130 Å². The lowest BCUT2D eigenvalue weighted by Crippen LogP contribution is -2.02. The zero-order valence-electron chi connectivity index (χ0n) is 13.1. The Kier molecular flexibility index (Phi) is 3.94. The Hall–Kier alpha value is -3.67. The maximum atomic E-state index is 11.7. The number of phenolic OH excluding ortho intramolecular Hbond substituents is 2. The van der Waals surface area contributed by atoms with Gasteiger partial charge in [-0.3, -0.25) is 0 Å². The van der Waals surface area contributed by atoms with Gasteiger partial charge >= 0.3 is 5.97 Å². The maximum absolute atomic E-state index is 11.7. The Balaban J connectivity index is 2.32. The molecule has 0 heterocycles. The first-order valence-corrected chi connectivity index (χ1v) is 7.42. The number of rotatable bonds is 3. The van der Waals surface area contributed by atoms with Crippen molar-refractivity contribution >= 4 is 17.3 Å². The largest absolute Gasteiger partial charge is 0.506 e. The fourth-order valence-corrected chi connectivity index (χ4v) is 2.71.